The maximum Gasteiger partial charge on any atom is 0.344 e. The number of nitrogens with zero attached hydrogens (tertiary/aromatic N) is 2. The summed E-state index contributed by atoms with van der Waals surface area (Å²) in [6, 6.07) is 0.272. The van der Waals surface area contributed by atoms with E-state index >= 15 is 0 Å². The monoisotopic (exact) mass is 281 g/mol. The molecule has 2 N–H and O–H groups in total. The second kappa shape index (κ2) is 3.88. The third-order valence-corrected chi connectivity index (χ3v) is 5.93. The van der Waals surface area contributed by atoms with Crippen molar-refractivity contribution in [2.24, 2.45) is 23.7 Å². The van der Waals surface area contributed by atoms with Gasteiger partial charge in [0.05, 0.1) is 5.75 Å². The van der Waals surface area contributed by atoms with Gasteiger partial charge in [-0.15, -0.1) is 5.10 Å². The molecule has 0 saturated heterocycles. The van der Waals surface area contributed by atoms with Gasteiger partial charge in [-0.3, -0.25) is 9.36 Å². The van der Waals surface area contributed by atoms with Crippen molar-refractivity contribution in [3.8, 4) is 0 Å². The van der Waals surface area contributed by atoms with Crippen molar-refractivity contribution in [2.75, 3.05) is 5.75 Å². The lowest BCUT2D eigenvalue weighted by molar-refractivity contribution is -0.133. The number of aliphatic carboxylic acids is 1. The first-order valence-corrected chi connectivity index (χ1v) is 7.67. The molecule has 2 bridgehead atoms. The third kappa shape index (κ3) is 1.60. The largest absolute Gasteiger partial charge is 0.481 e. The molecule has 1 aromatic rings. The fourth-order valence-electron chi connectivity index (χ4n) is 4.41. The molecule has 0 aromatic carbocycles. The van der Waals surface area contributed by atoms with Crippen LogP contribution in [-0.2, 0) is 4.79 Å². The minimum atomic E-state index is -0.886. The van der Waals surface area contributed by atoms with Crippen molar-refractivity contribution >= 4 is 17.7 Å². The second-order valence-corrected chi connectivity index (χ2v) is 6.78. The Morgan fingerprint density at radius 2 is 2.11 bits per heavy atom. The molecule has 0 amide bonds. The number of rotatable bonds is 4. The first-order valence-electron chi connectivity index (χ1n) is 6.68. The van der Waals surface area contributed by atoms with Crippen LogP contribution in [0.2, 0.25) is 0 Å². The lowest BCUT2D eigenvalue weighted by Crippen LogP contribution is -2.20. The highest BCUT2D eigenvalue weighted by Crippen LogP contribution is 2.71. The number of nitrogens with one attached hydrogen (secondary N) is 1. The van der Waals surface area contributed by atoms with Crippen molar-refractivity contribution in [3.63, 3.8) is 0 Å². The molecule has 102 valence electrons. The quantitative estimate of drug-likeness (QED) is 0.803. The average Bonchev–Trinajstić information content (AvgIpc) is 2.75. The Morgan fingerprint density at radius 1 is 1.42 bits per heavy atom. The molecule has 1 heterocycles. The van der Waals surface area contributed by atoms with Crippen LogP contribution in [0, 0.1) is 23.7 Å². The van der Waals surface area contributed by atoms with E-state index in [2.05, 4.69) is 10.2 Å². The molecule has 1 aromatic heterocycles. The van der Waals surface area contributed by atoms with Gasteiger partial charge in [0.15, 0.2) is 5.16 Å². The van der Waals surface area contributed by atoms with E-state index in [4.69, 9.17) is 5.11 Å². The summed E-state index contributed by atoms with van der Waals surface area (Å²) in [5.74, 6) is 1.89. The van der Waals surface area contributed by atoms with E-state index in [-0.39, 0.29) is 17.5 Å². The van der Waals surface area contributed by atoms with Crippen LogP contribution in [0.25, 0.3) is 0 Å². The molecular formula is C12H15N3O3S. The smallest absolute Gasteiger partial charge is 0.344 e. The second-order valence-electron chi connectivity index (χ2n) is 5.84. The molecule has 0 radical (unpaired) electrons. The van der Waals surface area contributed by atoms with Crippen molar-refractivity contribution in [3.05, 3.63) is 10.5 Å². The Balaban J connectivity index is 1.60. The summed E-state index contributed by atoms with van der Waals surface area (Å²) in [7, 11) is 0. The number of thioether (sulfide) groups is 1. The van der Waals surface area contributed by atoms with Gasteiger partial charge in [-0.2, -0.15) is 0 Å². The lowest BCUT2D eigenvalue weighted by atomic mass is 10.0. The van der Waals surface area contributed by atoms with Crippen molar-refractivity contribution in [2.45, 2.75) is 30.5 Å². The Kier molecular flexibility index (Phi) is 2.36. The highest BCUT2D eigenvalue weighted by molar-refractivity contribution is 7.99. The molecular weight excluding hydrogens is 266 g/mol. The van der Waals surface area contributed by atoms with Gasteiger partial charge < -0.3 is 5.11 Å². The van der Waals surface area contributed by atoms with Gasteiger partial charge in [-0.25, -0.2) is 9.89 Å². The third-order valence-electron chi connectivity index (χ3n) is 4.99. The first kappa shape index (κ1) is 11.6. The Bertz CT molecular complexity index is 579. The topological polar surface area (TPSA) is 88.0 Å². The standard InChI is InChI=1S/C12H15N3O3S/c16-7(17)4-19-12-14-13-11(18)15(12)10-8-5-1-2-6(3-5)9(8)10/h5-6,8-10H,1-4H2,(H,13,18)(H,16,17). The van der Waals surface area contributed by atoms with Crippen molar-refractivity contribution < 1.29 is 9.90 Å². The van der Waals surface area contributed by atoms with Gasteiger partial charge in [0, 0.05) is 6.04 Å². The van der Waals surface area contributed by atoms with Crippen LogP contribution in [0.4, 0.5) is 0 Å². The number of carboxylic acid groups (broad SMARTS) is 1. The van der Waals surface area contributed by atoms with E-state index in [1.165, 1.54) is 19.3 Å². The van der Waals surface area contributed by atoms with Gasteiger partial charge in [0.2, 0.25) is 0 Å². The minimum absolute atomic E-state index is 0.0563. The van der Waals surface area contributed by atoms with Crippen LogP contribution in [-0.4, -0.2) is 31.6 Å². The molecule has 3 aliphatic rings. The molecule has 4 atom stereocenters. The van der Waals surface area contributed by atoms with Crippen molar-refractivity contribution in [1.29, 1.82) is 0 Å². The van der Waals surface area contributed by atoms with Gasteiger partial charge in [0.25, 0.3) is 0 Å². The van der Waals surface area contributed by atoms with E-state index in [9.17, 15) is 9.59 Å². The molecule has 7 heteroatoms. The molecule has 4 unspecified atom stereocenters. The van der Waals surface area contributed by atoms with Crippen molar-refractivity contribution in [1.82, 2.24) is 14.8 Å². The summed E-state index contributed by atoms with van der Waals surface area (Å²) < 4.78 is 1.72. The van der Waals surface area contributed by atoms with Crippen LogP contribution in [0.15, 0.2) is 9.95 Å². The maximum absolute atomic E-state index is 11.9. The average molecular weight is 281 g/mol. The SMILES string of the molecule is O=C(O)CSc1n[nH]c(=O)n1C1C2C3CCC(C3)C21. The van der Waals surface area contributed by atoms with E-state index in [1.54, 1.807) is 4.57 Å². The predicted octanol–water partition coefficient (Wildman–Crippen LogP) is 0.965. The molecule has 4 rings (SSSR count). The summed E-state index contributed by atoms with van der Waals surface area (Å²) in [5, 5.41) is 15.7. The fraction of sp³-hybridized carbons (Fsp3) is 0.750. The summed E-state index contributed by atoms with van der Waals surface area (Å²) in [4.78, 5) is 22.6. The Labute approximate surface area is 113 Å². The minimum Gasteiger partial charge on any atom is -0.481 e. The predicted molar refractivity (Wildman–Crippen MR) is 68.1 cm³/mol. The zero-order chi connectivity index (χ0) is 13.1. The molecule has 0 spiro atoms. The maximum atomic E-state index is 11.9. The number of hydrogen-bond donors (Lipinski definition) is 2. The summed E-state index contributed by atoms with van der Waals surface area (Å²) in [6.45, 7) is 0. The van der Waals surface area contributed by atoms with Gasteiger partial charge in [-0.1, -0.05) is 11.8 Å². The van der Waals surface area contributed by atoms with Crippen LogP contribution in [0.5, 0.6) is 0 Å². The molecule has 3 saturated carbocycles. The van der Waals surface area contributed by atoms with Gasteiger partial charge >= 0.3 is 11.7 Å². The number of fused-ring (bicyclic) bond motifs is 5. The summed E-state index contributed by atoms with van der Waals surface area (Å²) in [6.07, 6.45) is 3.93. The number of aromatic nitrogens is 3. The van der Waals surface area contributed by atoms with Crippen LogP contribution < -0.4 is 5.69 Å². The van der Waals surface area contributed by atoms with Gasteiger partial charge in [-0.05, 0) is 42.9 Å². The Morgan fingerprint density at radius 3 is 2.74 bits per heavy atom. The fourth-order valence-corrected chi connectivity index (χ4v) is 5.11. The summed E-state index contributed by atoms with van der Waals surface area (Å²) >= 11 is 1.13. The number of carboxylic acids is 1. The number of aromatic amines is 1. The normalized spacial score (nSPS) is 38.4. The zero-order valence-electron chi connectivity index (χ0n) is 10.3. The van der Waals surface area contributed by atoms with E-state index in [0.29, 0.717) is 17.0 Å². The highest BCUT2D eigenvalue weighted by atomic mass is 32.2. The van der Waals surface area contributed by atoms with Crippen LogP contribution in [0.1, 0.15) is 25.3 Å². The number of H-pyrrole nitrogens is 1. The Hall–Kier alpha value is -1.24. The van der Waals surface area contributed by atoms with E-state index in [0.717, 1.165) is 23.6 Å². The van der Waals surface area contributed by atoms with Crippen LogP contribution in [0.3, 0.4) is 0 Å². The highest BCUT2D eigenvalue weighted by Gasteiger charge is 2.66. The van der Waals surface area contributed by atoms with Crippen LogP contribution >= 0.6 is 11.8 Å². The molecule has 0 aliphatic heterocycles. The first-order chi connectivity index (χ1) is 9.16. The molecule has 19 heavy (non-hydrogen) atoms. The molecule has 3 fully saturated rings. The summed E-state index contributed by atoms with van der Waals surface area (Å²) in [5.41, 5.74) is -0.188. The molecule has 3 aliphatic carbocycles. The van der Waals surface area contributed by atoms with Gasteiger partial charge in [0.1, 0.15) is 0 Å². The molecule has 6 nitrogen and oxygen atoms in total. The van der Waals surface area contributed by atoms with E-state index < -0.39 is 5.97 Å². The lowest BCUT2D eigenvalue weighted by Gasteiger charge is -2.10. The van der Waals surface area contributed by atoms with E-state index in [1.807, 2.05) is 0 Å². The zero-order valence-corrected chi connectivity index (χ0v) is 11.1. The number of hydrogen-bond acceptors (Lipinski definition) is 4. The number of carbonyl (C=O) groups is 1.